The molecule has 0 bridgehead atoms. The molecule has 25 heavy (non-hydrogen) atoms. The summed E-state index contributed by atoms with van der Waals surface area (Å²) in [5, 5.41) is 4.57. The highest BCUT2D eigenvalue weighted by Gasteiger charge is 2.16. The number of thiophene rings is 1. The van der Waals surface area contributed by atoms with Crippen LogP contribution in [0.15, 0.2) is 54.9 Å². The van der Waals surface area contributed by atoms with Gasteiger partial charge in [-0.05, 0) is 44.0 Å². The molecule has 2 aromatic carbocycles. The van der Waals surface area contributed by atoms with Crippen molar-refractivity contribution in [3.8, 4) is 11.1 Å². The van der Waals surface area contributed by atoms with Gasteiger partial charge in [0.2, 0.25) is 0 Å². The van der Waals surface area contributed by atoms with Crippen LogP contribution in [-0.2, 0) is 0 Å². The van der Waals surface area contributed by atoms with E-state index in [-0.39, 0.29) is 0 Å². The van der Waals surface area contributed by atoms with Crippen molar-refractivity contribution in [3.63, 3.8) is 0 Å². The Balaban J connectivity index is 1.89. The van der Waals surface area contributed by atoms with Gasteiger partial charge in [-0.1, -0.05) is 42.0 Å². The van der Waals surface area contributed by atoms with E-state index in [4.69, 9.17) is 0 Å². The van der Waals surface area contributed by atoms with Gasteiger partial charge in [0.25, 0.3) is 0 Å². The van der Waals surface area contributed by atoms with Gasteiger partial charge in [-0.3, -0.25) is 0 Å². The highest BCUT2D eigenvalue weighted by Crippen LogP contribution is 2.41. The Labute approximate surface area is 151 Å². The number of fused-ring (bicyclic) bond motifs is 1. The Bertz CT molecular complexity index is 1050. The van der Waals surface area contributed by atoms with E-state index >= 15 is 0 Å². The summed E-state index contributed by atoms with van der Waals surface area (Å²) in [4.78, 5) is 11.3. The molecule has 4 heteroatoms. The summed E-state index contributed by atoms with van der Waals surface area (Å²) in [5.74, 6) is 0.857. The van der Waals surface area contributed by atoms with E-state index in [9.17, 15) is 0 Å². The molecule has 0 aliphatic carbocycles. The molecular weight excluding hydrogens is 326 g/mol. The van der Waals surface area contributed by atoms with Crippen LogP contribution in [0.1, 0.15) is 16.0 Å². The zero-order valence-electron chi connectivity index (χ0n) is 14.5. The number of nitrogens with zero attached hydrogens (tertiary/aromatic N) is 2. The molecule has 3 nitrogen and oxygen atoms in total. The van der Waals surface area contributed by atoms with E-state index in [0.29, 0.717) is 0 Å². The second-order valence-electron chi connectivity index (χ2n) is 6.30. The van der Waals surface area contributed by atoms with Gasteiger partial charge in [0.05, 0.1) is 5.39 Å². The van der Waals surface area contributed by atoms with Crippen molar-refractivity contribution < 1.29 is 0 Å². The molecule has 2 aromatic heterocycles. The molecule has 0 spiro atoms. The van der Waals surface area contributed by atoms with Gasteiger partial charge in [-0.25, -0.2) is 9.97 Å². The number of aromatic nitrogens is 2. The second-order valence-corrected chi connectivity index (χ2v) is 7.50. The van der Waals surface area contributed by atoms with Gasteiger partial charge >= 0.3 is 0 Å². The van der Waals surface area contributed by atoms with E-state index in [2.05, 4.69) is 84.6 Å². The van der Waals surface area contributed by atoms with Crippen molar-refractivity contribution in [2.24, 2.45) is 0 Å². The normalized spacial score (nSPS) is 11.0. The molecule has 0 aliphatic rings. The fourth-order valence-electron chi connectivity index (χ4n) is 3.07. The van der Waals surface area contributed by atoms with E-state index in [0.717, 1.165) is 21.7 Å². The summed E-state index contributed by atoms with van der Waals surface area (Å²) >= 11 is 1.71. The van der Waals surface area contributed by atoms with Crippen molar-refractivity contribution in [1.29, 1.82) is 0 Å². The van der Waals surface area contributed by atoms with Gasteiger partial charge in [-0.15, -0.1) is 11.3 Å². The van der Waals surface area contributed by atoms with Crippen molar-refractivity contribution in [2.75, 3.05) is 5.32 Å². The lowest BCUT2D eigenvalue weighted by Crippen LogP contribution is -1.96. The van der Waals surface area contributed by atoms with Crippen molar-refractivity contribution in [2.45, 2.75) is 20.8 Å². The van der Waals surface area contributed by atoms with Gasteiger partial charge < -0.3 is 5.32 Å². The molecule has 0 radical (unpaired) electrons. The van der Waals surface area contributed by atoms with Crippen molar-refractivity contribution in [3.05, 3.63) is 70.9 Å². The SMILES string of the molecule is Cc1ccc(-c2c(C)sc3ncnc(Nc4cccc(C)c4)c23)cc1. The summed E-state index contributed by atoms with van der Waals surface area (Å²) in [7, 11) is 0. The van der Waals surface area contributed by atoms with Crippen LogP contribution in [0.3, 0.4) is 0 Å². The Morgan fingerprint density at radius 2 is 1.68 bits per heavy atom. The zero-order valence-corrected chi connectivity index (χ0v) is 15.3. The van der Waals surface area contributed by atoms with Crippen LogP contribution in [0, 0.1) is 20.8 Å². The van der Waals surface area contributed by atoms with Crippen LogP contribution < -0.4 is 5.32 Å². The summed E-state index contributed by atoms with van der Waals surface area (Å²) in [5.41, 5.74) is 5.94. The first-order chi connectivity index (χ1) is 12.1. The molecule has 0 aliphatic heterocycles. The molecule has 0 unspecified atom stereocenters. The highest BCUT2D eigenvalue weighted by molar-refractivity contribution is 7.19. The molecule has 4 rings (SSSR count). The summed E-state index contributed by atoms with van der Waals surface area (Å²) < 4.78 is 0. The molecule has 4 aromatic rings. The Hall–Kier alpha value is -2.72. The standard InChI is InChI=1S/C21H19N3S/c1-13-7-9-16(10-8-13)18-15(3)25-21-19(18)20(22-12-23-21)24-17-6-4-5-14(2)11-17/h4-12H,1-3H3,(H,22,23,24). The number of nitrogens with one attached hydrogen (secondary N) is 1. The quantitative estimate of drug-likeness (QED) is 0.493. The van der Waals surface area contributed by atoms with E-state index < -0.39 is 0 Å². The van der Waals surface area contributed by atoms with Crippen LogP contribution in [0.5, 0.6) is 0 Å². The fourth-order valence-corrected chi connectivity index (χ4v) is 4.08. The molecular formula is C21H19N3S. The van der Waals surface area contributed by atoms with E-state index in [1.165, 1.54) is 27.1 Å². The van der Waals surface area contributed by atoms with E-state index in [1.807, 2.05) is 0 Å². The Kier molecular flexibility index (Phi) is 3.98. The lowest BCUT2D eigenvalue weighted by Gasteiger charge is -2.10. The minimum atomic E-state index is 0.857. The fraction of sp³-hybridized carbons (Fsp3) is 0.143. The van der Waals surface area contributed by atoms with Crippen LogP contribution in [0.4, 0.5) is 11.5 Å². The third-order valence-corrected chi connectivity index (χ3v) is 5.30. The average Bonchev–Trinajstić information content (AvgIpc) is 2.93. The summed E-state index contributed by atoms with van der Waals surface area (Å²) in [6.45, 7) is 6.35. The van der Waals surface area contributed by atoms with Gasteiger partial charge in [-0.2, -0.15) is 0 Å². The lowest BCUT2D eigenvalue weighted by atomic mass is 10.0. The number of hydrogen-bond donors (Lipinski definition) is 1. The Morgan fingerprint density at radius 1 is 0.880 bits per heavy atom. The third-order valence-electron chi connectivity index (χ3n) is 4.29. The maximum atomic E-state index is 4.53. The number of anilines is 2. The average molecular weight is 345 g/mol. The topological polar surface area (TPSA) is 37.8 Å². The van der Waals surface area contributed by atoms with Crippen LogP contribution in [0.2, 0.25) is 0 Å². The molecule has 1 N–H and O–H groups in total. The smallest absolute Gasteiger partial charge is 0.143 e. The van der Waals surface area contributed by atoms with Crippen LogP contribution in [0.25, 0.3) is 21.3 Å². The molecule has 124 valence electrons. The van der Waals surface area contributed by atoms with Gasteiger partial charge in [0.1, 0.15) is 17.0 Å². The van der Waals surface area contributed by atoms with Crippen molar-refractivity contribution >= 4 is 33.1 Å². The predicted octanol–water partition coefficient (Wildman–Crippen LogP) is 6.03. The molecule has 0 saturated carbocycles. The van der Waals surface area contributed by atoms with E-state index in [1.54, 1.807) is 17.7 Å². The summed E-state index contributed by atoms with van der Waals surface area (Å²) in [6.07, 6.45) is 1.63. The molecule has 0 saturated heterocycles. The van der Waals surface area contributed by atoms with Gasteiger partial charge in [0, 0.05) is 16.1 Å². The third kappa shape index (κ3) is 3.01. The second kappa shape index (κ2) is 6.30. The van der Waals surface area contributed by atoms with Crippen molar-refractivity contribution in [1.82, 2.24) is 9.97 Å². The highest BCUT2D eigenvalue weighted by atomic mass is 32.1. The molecule has 2 heterocycles. The summed E-state index contributed by atoms with van der Waals surface area (Å²) in [6, 6.07) is 17.0. The largest absolute Gasteiger partial charge is 0.340 e. The monoisotopic (exact) mass is 345 g/mol. The number of hydrogen-bond acceptors (Lipinski definition) is 4. The molecule has 0 atom stereocenters. The lowest BCUT2D eigenvalue weighted by molar-refractivity contribution is 1.23. The molecule has 0 amide bonds. The minimum Gasteiger partial charge on any atom is -0.340 e. The van der Waals surface area contributed by atoms with Gasteiger partial charge in [0.15, 0.2) is 0 Å². The Morgan fingerprint density at radius 3 is 2.44 bits per heavy atom. The minimum absolute atomic E-state index is 0.857. The zero-order chi connectivity index (χ0) is 17.4. The first-order valence-corrected chi connectivity index (χ1v) is 9.08. The first kappa shape index (κ1) is 15.8. The molecule has 0 fully saturated rings. The van der Waals surface area contributed by atoms with Crippen LogP contribution in [-0.4, -0.2) is 9.97 Å². The predicted molar refractivity (Wildman–Crippen MR) is 107 cm³/mol. The number of aryl methyl sites for hydroxylation is 3. The first-order valence-electron chi connectivity index (χ1n) is 8.26. The maximum absolute atomic E-state index is 4.53. The van der Waals surface area contributed by atoms with Crippen LogP contribution >= 0.6 is 11.3 Å². The number of rotatable bonds is 3. The maximum Gasteiger partial charge on any atom is 0.143 e. The number of benzene rings is 2.